The zero-order valence-electron chi connectivity index (χ0n) is 10.6. The average molecular weight is 204 g/mol. The third-order valence-corrected chi connectivity index (χ3v) is 3.18. The van der Waals surface area contributed by atoms with E-state index in [0.29, 0.717) is 0 Å². The van der Waals surface area contributed by atoms with E-state index in [1.807, 2.05) is 0 Å². The summed E-state index contributed by atoms with van der Waals surface area (Å²) in [6.07, 6.45) is 12.0. The summed E-state index contributed by atoms with van der Waals surface area (Å²) in [7, 11) is 0. The Balaban J connectivity index is 2.41. The smallest absolute Gasteiger partial charge is 0.0225 e. The highest BCUT2D eigenvalue weighted by Gasteiger charge is 2.10. The fraction of sp³-hybridized carbons (Fsp3) is 0.600. The Hall–Kier alpha value is -0.780. The molecule has 0 heteroatoms. The Kier molecular flexibility index (Phi) is 4.87. The van der Waals surface area contributed by atoms with Crippen LogP contribution in [0.2, 0.25) is 0 Å². The van der Waals surface area contributed by atoms with Crippen molar-refractivity contribution in [2.75, 3.05) is 0 Å². The maximum absolute atomic E-state index is 2.36. The van der Waals surface area contributed by atoms with Crippen molar-refractivity contribution in [3.05, 3.63) is 34.9 Å². The first-order valence-electron chi connectivity index (χ1n) is 6.09. The second-order valence-electron chi connectivity index (χ2n) is 5.01. The summed E-state index contributed by atoms with van der Waals surface area (Å²) in [4.78, 5) is 0. The van der Waals surface area contributed by atoms with Gasteiger partial charge < -0.3 is 0 Å². The molecular weight excluding hydrogens is 180 g/mol. The maximum Gasteiger partial charge on any atom is -0.0225 e. The Labute approximate surface area is 94.8 Å². The van der Waals surface area contributed by atoms with E-state index in [1.54, 1.807) is 5.57 Å². The van der Waals surface area contributed by atoms with Crippen LogP contribution in [-0.4, -0.2) is 0 Å². The lowest BCUT2D eigenvalue weighted by atomic mass is 9.88. The van der Waals surface area contributed by atoms with Gasteiger partial charge >= 0.3 is 0 Å². The number of hydrogen-bond acceptors (Lipinski definition) is 0. The van der Waals surface area contributed by atoms with Crippen LogP contribution >= 0.6 is 0 Å². The van der Waals surface area contributed by atoms with Crippen LogP contribution in [0.3, 0.4) is 0 Å². The monoisotopic (exact) mass is 204 g/mol. The molecule has 0 fully saturated rings. The molecule has 0 aromatic carbocycles. The van der Waals surface area contributed by atoms with Crippen molar-refractivity contribution in [3.8, 4) is 0 Å². The molecule has 0 amide bonds. The van der Waals surface area contributed by atoms with E-state index < -0.39 is 0 Å². The molecule has 0 N–H and O–H groups in total. The van der Waals surface area contributed by atoms with Crippen molar-refractivity contribution in [1.29, 1.82) is 0 Å². The molecule has 0 nitrogen and oxygen atoms in total. The van der Waals surface area contributed by atoms with Gasteiger partial charge in [0.1, 0.15) is 0 Å². The molecule has 0 heterocycles. The van der Waals surface area contributed by atoms with Gasteiger partial charge in [0.05, 0.1) is 0 Å². The molecule has 0 aromatic heterocycles. The van der Waals surface area contributed by atoms with Crippen molar-refractivity contribution in [1.82, 2.24) is 0 Å². The number of hydrogen-bond donors (Lipinski definition) is 0. The first kappa shape index (κ1) is 12.3. The van der Waals surface area contributed by atoms with E-state index in [0.717, 1.165) is 5.92 Å². The molecule has 1 atom stereocenters. The van der Waals surface area contributed by atoms with Gasteiger partial charge in [0.25, 0.3) is 0 Å². The van der Waals surface area contributed by atoms with E-state index in [-0.39, 0.29) is 0 Å². The van der Waals surface area contributed by atoms with Gasteiger partial charge in [-0.15, -0.1) is 0 Å². The Morgan fingerprint density at radius 1 is 1.33 bits per heavy atom. The van der Waals surface area contributed by atoms with Gasteiger partial charge in [0.2, 0.25) is 0 Å². The molecule has 0 aromatic rings. The molecule has 0 aliphatic heterocycles. The minimum atomic E-state index is 0.755. The summed E-state index contributed by atoms with van der Waals surface area (Å²) in [6.45, 7) is 8.94. The third kappa shape index (κ3) is 4.51. The molecule has 0 saturated heterocycles. The van der Waals surface area contributed by atoms with Crippen molar-refractivity contribution >= 4 is 0 Å². The summed E-state index contributed by atoms with van der Waals surface area (Å²) in [5.41, 5.74) is 4.61. The fourth-order valence-corrected chi connectivity index (χ4v) is 1.98. The van der Waals surface area contributed by atoms with Crippen molar-refractivity contribution in [2.45, 2.75) is 53.4 Å². The fourth-order valence-electron chi connectivity index (χ4n) is 1.98. The molecule has 84 valence electrons. The lowest BCUT2D eigenvalue weighted by molar-refractivity contribution is 0.590. The Morgan fingerprint density at radius 2 is 2.07 bits per heavy atom. The first-order valence-corrected chi connectivity index (χ1v) is 6.09. The van der Waals surface area contributed by atoms with Gasteiger partial charge in [0, 0.05) is 0 Å². The molecule has 0 spiro atoms. The summed E-state index contributed by atoms with van der Waals surface area (Å²) < 4.78 is 0. The zero-order valence-corrected chi connectivity index (χ0v) is 10.6. The normalized spacial score (nSPS) is 17.9. The lowest BCUT2D eigenvalue weighted by Crippen LogP contribution is -2.02. The van der Waals surface area contributed by atoms with Gasteiger partial charge in [-0.1, -0.05) is 41.9 Å². The summed E-state index contributed by atoms with van der Waals surface area (Å²) in [5, 5.41) is 0. The third-order valence-electron chi connectivity index (χ3n) is 3.18. The van der Waals surface area contributed by atoms with E-state index >= 15 is 0 Å². The number of allylic oxidation sites excluding steroid dienone is 6. The first-order chi connectivity index (χ1) is 7.09. The van der Waals surface area contributed by atoms with Gasteiger partial charge in [0.15, 0.2) is 0 Å². The topological polar surface area (TPSA) is 0 Å². The van der Waals surface area contributed by atoms with Crippen LogP contribution in [0.15, 0.2) is 34.9 Å². The molecule has 15 heavy (non-hydrogen) atoms. The highest BCUT2D eigenvalue weighted by Crippen LogP contribution is 2.26. The van der Waals surface area contributed by atoms with Crippen LogP contribution in [0.5, 0.6) is 0 Å². The summed E-state index contributed by atoms with van der Waals surface area (Å²) in [6, 6.07) is 0. The summed E-state index contributed by atoms with van der Waals surface area (Å²) in [5.74, 6) is 0.755. The Morgan fingerprint density at radius 3 is 2.60 bits per heavy atom. The SMILES string of the molecule is CC(C)=CCCC(C)C1=CC=C(C)CC1. The molecule has 1 aliphatic carbocycles. The predicted molar refractivity (Wildman–Crippen MR) is 68.9 cm³/mol. The van der Waals surface area contributed by atoms with E-state index in [2.05, 4.69) is 45.9 Å². The van der Waals surface area contributed by atoms with Crippen molar-refractivity contribution in [3.63, 3.8) is 0 Å². The quantitative estimate of drug-likeness (QED) is 0.563. The van der Waals surface area contributed by atoms with E-state index in [1.165, 1.54) is 36.8 Å². The minimum Gasteiger partial charge on any atom is -0.0859 e. The van der Waals surface area contributed by atoms with Gasteiger partial charge in [-0.25, -0.2) is 0 Å². The molecule has 0 bridgehead atoms. The van der Waals surface area contributed by atoms with Gasteiger partial charge in [-0.05, 0) is 52.4 Å². The molecular formula is C15H24. The minimum absolute atomic E-state index is 0.755. The summed E-state index contributed by atoms with van der Waals surface area (Å²) >= 11 is 0. The predicted octanol–water partition coefficient (Wildman–Crippen LogP) is 5.04. The molecule has 1 rings (SSSR count). The standard InChI is InChI=1S/C15H24/c1-12(2)6-5-7-14(4)15-10-8-13(3)9-11-15/h6,8,10,14H,5,7,9,11H2,1-4H3. The van der Waals surface area contributed by atoms with Gasteiger partial charge in [-0.2, -0.15) is 0 Å². The van der Waals surface area contributed by atoms with E-state index in [4.69, 9.17) is 0 Å². The molecule has 0 radical (unpaired) electrons. The largest absolute Gasteiger partial charge is 0.0859 e. The van der Waals surface area contributed by atoms with E-state index in [9.17, 15) is 0 Å². The van der Waals surface area contributed by atoms with Crippen LogP contribution in [-0.2, 0) is 0 Å². The highest BCUT2D eigenvalue weighted by molar-refractivity contribution is 5.24. The second-order valence-corrected chi connectivity index (χ2v) is 5.01. The molecule has 0 saturated carbocycles. The van der Waals surface area contributed by atoms with Crippen molar-refractivity contribution in [2.24, 2.45) is 5.92 Å². The van der Waals surface area contributed by atoms with Crippen LogP contribution in [0, 0.1) is 5.92 Å². The highest BCUT2D eigenvalue weighted by atomic mass is 14.2. The molecule has 1 aliphatic rings. The average Bonchev–Trinajstić information content (AvgIpc) is 2.18. The maximum atomic E-state index is 2.36. The zero-order chi connectivity index (χ0) is 11.3. The van der Waals surface area contributed by atoms with Crippen LogP contribution < -0.4 is 0 Å². The van der Waals surface area contributed by atoms with Crippen molar-refractivity contribution < 1.29 is 0 Å². The van der Waals surface area contributed by atoms with Crippen LogP contribution in [0.1, 0.15) is 53.4 Å². The number of rotatable bonds is 4. The van der Waals surface area contributed by atoms with Crippen LogP contribution in [0.4, 0.5) is 0 Å². The second kappa shape index (κ2) is 5.95. The Bertz CT molecular complexity index is 285. The lowest BCUT2D eigenvalue weighted by Gasteiger charge is -2.18. The van der Waals surface area contributed by atoms with Crippen LogP contribution in [0.25, 0.3) is 0 Å². The molecule has 1 unspecified atom stereocenters. The van der Waals surface area contributed by atoms with Gasteiger partial charge in [-0.3, -0.25) is 0 Å².